The molecule has 5 nitrogen and oxygen atoms in total. The Kier molecular flexibility index (Phi) is 4.01. The maximum absolute atomic E-state index is 13.9. The maximum Gasteiger partial charge on any atom is 0.271 e. The minimum atomic E-state index is -0.856. The van der Waals surface area contributed by atoms with E-state index in [1.807, 2.05) is 0 Å². The van der Waals surface area contributed by atoms with Gasteiger partial charge in [0.2, 0.25) is 5.91 Å². The molecule has 0 heterocycles. The van der Waals surface area contributed by atoms with Crippen molar-refractivity contribution in [3.8, 4) is 0 Å². The molecule has 2 aromatic rings. The van der Waals surface area contributed by atoms with E-state index in [0.717, 1.165) is 24.6 Å². The van der Waals surface area contributed by atoms with Gasteiger partial charge in [0.15, 0.2) is 0 Å². The molecule has 1 fully saturated rings. The van der Waals surface area contributed by atoms with Gasteiger partial charge in [-0.15, -0.1) is 0 Å². The number of nitrogens with one attached hydrogen (secondary N) is 1. The summed E-state index contributed by atoms with van der Waals surface area (Å²) < 4.78 is 27.0. The van der Waals surface area contributed by atoms with Gasteiger partial charge in [-0.1, -0.05) is 18.6 Å². The van der Waals surface area contributed by atoms with Gasteiger partial charge < -0.3 is 5.32 Å². The van der Waals surface area contributed by atoms with E-state index in [9.17, 15) is 23.7 Å². The molecule has 1 saturated carbocycles. The average molecular weight is 332 g/mol. The van der Waals surface area contributed by atoms with E-state index in [0.29, 0.717) is 18.4 Å². The first-order chi connectivity index (χ1) is 11.4. The van der Waals surface area contributed by atoms with Crippen molar-refractivity contribution in [2.75, 3.05) is 5.32 Å². The van der Waals surface area contributed by atoms with Gasteiger partial charge in [0.05, 0.1) is 16.0 Å². The standard InChI is InChI=1S/C17H14F2N2O3/c18-12-4-2-11(3-5-12)17(8-1-9-17)16(22)20-15-10-13(21(23)24)6-7-14(15)19/h2-7,10H,1,8-9H2,(H,20,22). The molecular formula is C17H14F2N2O3. The first-order valence-electron chi connectivity index (χ1n) is 7.44. The zero-order valence-electron chi connectivity index (χ0n) is 12.6. The Morgan fingerprint density at radius 2 is 1.79 bits per heavy atom. The lowest BCUT2D eigenvalue weighted by Crippen LogP contribution is -2.46. The Bertz CT molecular complexity index is 802. The van der Waals surface area contributed by atoms with Crippen LogP contribution in [-0.4, -0.2) is 10.8 Å². The number of amides is 1. The van der Waals surface area contributed by atoms with Crippen molar-refractivity contribution in [1.82, 2.24) is 0 Å². The number of carbonyl (C=O) groups excluding carboxylic acids is 1. The largest absolute Gasteiger partial charge is 0.323 e. The predicted molar refractivity (Wildman–Crippen MR) is 83.6 cm³/mol. The molecule has 0 spiro atoms. The highest BCUT2D eigenvalue weighted by atomic mass is 19.1. The molecular weight excluding hydrogens is 318 g/mol. The Labute approximate surface area is 136 Å². The molecule has 0 bridgehead atoms. The topological polar surface area (TPSA) is 72.2 Å². The Morgan fingerprint density at radius 3 is 2.33 bits per heavy atom. The van der Waals surface area contributed by atoms with Gasteiger partial charge in [-0.2, -0.15) is 0 Å². The van der Waals surface area contributed by atoms with Crippen LogP contribution in [0.25, 0.3) is 0 Å². The van der Waals surface area contributed by atoms with Crippen molar-refractivity contribution >= 4 is 17.3 Å². The molecule has 2 aromatic carbocycles. The molecule has 1 aliphatic carbocycles. The van der Waals surface area contributed by atoms with Gasteiger partial charge in [0, 0.05) is 12.1 Å². The van der Waals surface area contributed by atoms with E-state index in [2.05, 4.69) is 5.32 Å². The van der Waals surface area contributed by atoms with Gasteiger partial charge in [0.1, 0.15) is 11.6 Å². The summed E-state index contributed by atoms with van der Waals surface area (Å²) in [6.07, 6.45) is 1.93. The predicted octanol–water partition coefficient (Wildman–Crippen LogP) is 3.93. The van der Waals surface area contributed by atoms with Crippen LogP contribution in [0, 0.1) is 21.7 Å². The van der Waals surface area contributed by atoms with E-state index in [-0.39, 0.29) is 11.4 Å². The second-order valence-electron chi connectivity index (χ2n) is 5.82. The third kappa shape index (κ3) is 2.73. The van der Waals surface area contributed by atoms with E-state index in [1.165, 1.54) is 24.3 Å². The number of halogens is 2. The van der Waals surface area contributed by atoms with E-state index < -0.39 is 27.9 Å². The number of non-ortho nitro benzene ring substituents is 1. The van der Waals surface area contributed by atoms with Crippen LogP contribution in [0.3, 0.4) is 0 Å². The molecule has 0 saturated heterocycles. The minimum absolute atomic E-state index is 0.234. The molecule has 0 aliphatic heterocycles. The third-order valence-corrected chi connectivity index (χ3v) is 4.45. The minimum Gasteiger partial charge on any atom is -0.323 e. The fourth-order valence-electron chi connectivity index (χ4n) is 2.91. The zero-order chi connectivity index (χ0) is 17.3. The number of hydrogen-bond acceptors (Lipinski definition) is 3. The first kappa shape index (κ1) is 16.0. The van der Waals surface area contributed by atoms with Crippen LogP contribution >= 0.6 is 0 Å². The molecule has 0 radical (unpaired) electrons. The van der Waals surface area contributed by atoms with E-state index in [1.54, 1.807) is 0 Å². The van der Waals surface area contributed by atoms with Crippen molar-refractivity contribution in [1.29, 1.82) is 0 Å². The van der Waals surface area contributed by atoms with E-state index >= 15 is 0 Å². The fourth-order valence-corrected chi connectivity index (χ4v) is 2.91. The van der Waals surface area contributed by atoms with Crippen molar-refractivity contribution < 1.29 is 18.5 Å². The highest BCUT2D eigenvalue weighted by Crippen LogP contribution is 2.44. The number of benzene rings is 2. The SMILES string of the molecule is O=C(Nc1cc([N+](=O)[O-])ccc1F)C1(c2ccc(F)cc2)CCC1. The summed E-state index contributed by atoms with van der Waals surface area (Å²) in [6.45, 7) is 0. The maximum atomic E-state index is 13.9. The number of nitro benzene ring substituents is 1. The van der Waals surface area contributed by atoms with Crippen LogP contribution in [0.2, 0.25) is 0 Å². The third-order valence-electron chi connectivity index (χ3n) is 4.45. The van der Waals surface area contributed by atoms with Crippen molar-refractivity contribution in [3.63, 3.8) is 0 Å². The van der Waals surface area contributed by atoms with Crippen LogP contribution in [0.4, 0.5) is 20.2 Å². The Morgan fingerprint density at radius 1 is 1.12 bits per heavy atom. The van der Waals surface area contributed by atoms with Crippen LogP contribution in [-0.2, 0) is 10.2 Å². The number of nitrogens with zero attached hydrogens (tertiary/aromatic N) is 1. The molecule has 1 amide bonds. The van der Waals surface area contributed by atoms with Crippen molar-refractivity contribution in [2.24, 2.45) is 0 Å². The smallest absolute Gasteiger partial charge is 0.271 e. The highest BCUT2D eigenvalue weighted by molar-refractivity contribution is 6.00. The fraction of sp³-hybridized carbons (Fsp3) is 0.235. The zero-order valence-corrected chi connectivity index (χ0v) is 12.6. The van der Waals surface area contributed by atoms with Crippen LogP contribution in [0.1, 0.15) is 24.8 Å². The van der Waals surface area contributed by atoms with E-state index in [4.69, 9.17) is 0 Å². The summed E-state index contributed by atoms with van der Waals surface area (Å²) >= 11 is 0. The number of hydrogen-bond donors (Lipinski definition) is 1. The monoisotopic (exact) mass is 332 g/mol. The van der Waals surface area contributed by atoms with Crippen LogP contribution in [0.5, 0.6) is 0 Å². The summed E-state index contributed by atoms with van der Waals surface area (Å²) in [6, 6.07) is 8.59. The van der Waals surface area contributed by atoms with Gasteiger partial charge >= 0.3 is 0 Å². The number of anilines is 1. The normalized spacial score (nSPS) is 15.4. The molecule has 24 heavy (non-hydrogen) atoms. The van der Waals surface area contributed by atoms with Gasteiger partial charge in [-0.05, 0) is 36.6 Å². The molecule has 3 rings (SSSR count). The lowest BCUT2D eigenvalue weighted by Gasteiger charge is -2.40. The van der Waals surface area contributed by atoms with Crippen LogP contribution < -0.4 is 5.32 Å². The Hall–Kier alpha value is -2.83. The summed E-state index contributed by atoms with van der Waals surface area (Å²) in [5, 5.41) is 13.3. The molecule has 7 heteroatoms. The quantitative estimate of drug-likeness (QED) is 0.681. The molecule has 0 aromatic heterocycles. The summed E-state index contributed by atoms with van der Waals surface area (Å²) in [5.74, 6) is -1.60. The molecule has 1 aliphatic rings. The van der Waals surface area contributed by atoms with Crippen molar-refractivity contribution in [2.45, 2.75) is 24.7 Å². The van der Waals surface area contributed by atoms with Gasteiger partial charge in [-0.3, -0.25) is 14.9 Å². The number of nitro groups is 1. The number of rotatable bonds is 4. The molecule has 0 atom stereocenters. The summed E-state index contributed by atoms with van der Waals surface area (Å²) in [7, 11) is 0. The first-order valence-corrected chi connectivity index (χ1v) is 7.44. The summed E-state index contributed by atoms with van der Waals surface area (Å²) in [5.41, 5.74) is -0.748. The average Bonchev–Trinajstić information content (AvgIpc) is 2.50. The molecule has 124 valence electrons. The Balaban J connectivity index is 1.89. The van der Waals surface area contributed by atoms with Crippen LogP contribution in [0.15, 0.2) is 42.5 Å². The van der Waals surface area contributed by atoms with Gasteiger partial charge in [0.25, 0.3) is 5.69 Å². The van der Waals surface area contributed by atoms with Gasteiger partial charge in [-0.25, -0.2) is 8.78 Å². The second kappa shape index (κ2) is 5.99. The second-order valence-corrected chi connectivity index (χ2v) is 5.82. The lowest BCUT2D eigenvalue weighted by molar-refractivity contribution is -0.384. The van der Waals surface area contributed by atoms with Crippen molar-refractivity contribution in [3.05, 3.63) is 69.8 Å². The highest BCUT2D eigenvalue weighted by Gasteiger charge is 2.45. The lowest BCUT2D eigenvalue weighted by atomic mass is 9.64. The number of carbonyl (C=O) groups is 1. The molecule has 1 N–H and O–H groups in total. The molecule has 0 unspecified atom stereocenters. The summed E-state index contributed by atoms with van der Waals surface area (Å²) in [4.78, 5) is 22.8.